The summed E-state index contributed by atoms with van der Waals surface area (Å²) in [5.74, 6) is 0. The molecule has 1 heterocycles. The summed E-state index contributed by atoms with van der Waals surface area (Å²) in [5, 5.41) is 4.51. The molecule has 0 atom stereocenters. The van der Waals surface area contributed by atoms with Gasteiger partial charge in [0.15, 0.2) is 5.58 Å². The zero-order valence-corrected chi connectivity index (χ0v) is 35.7. The van der Waals surface area contributed by atoms with Crippen LogP contribution in [-0.2, 0) is 10.8 Å². The highest BCUT2D eigenvalue weighted by atomic mass is 16.3. The van der Waals surface area contributed by atoms with E-state index < -0.39 is 5.41 Å². The van der Waals surface area contributed by atoms with Gasteiger partial charge in [0.25, 0.3) is 0 Å². The Balaban J connectivity index is 1.04. The Morgan fingerprint density at radius 1 is 0.359 bits per heavy atom. The van der Waals surface area contributed by atoms with Crippen LogP contribution < -0.4 is 4.90 Å². The molecule has 64 heavy (non-hydrogen) atoms. The molecular weight excluding hydrogens is 775 g/mol. The molecule has 10 aromatic carbocycles. The van der Waals surface area contributed by atoms with Crippen LogP contribution in [0.4, 0.5) is 17.1 Å². The summed E-state index contributed by atoms with van der Waals surface area (Å²) in [7, 11) is 0. The highest BCUT2D eigenvalue weighted by molar-refractivity contribution is 6.18. The quantitative estimate of drug-likeness (QED) is 0.166. The molecule has 2 aliphatic rings. The number of hydrogen-bond donors (Lipinski definition) is 0. The molecule has 2 aliphatic carbocycles. The van der Waals surface area contributed by atoms with Crippen LogP contribution in [0.2, 0.25) is 0 Å². The van der Waals surface area contributed by atoms with Crippen LogP contribution in [-0.4, -0.2) is 0 Å². The second-order valence-corrected chi connectivity index (χ2v) is 17.9. The van der Waals surface area contributed by atoms with Gasteiger partial charge in [-0.25, -0.2) is 0 Å². The van der Waals surface area contributed by atoms with Gasteiger partial charge < -0.3 is 9.32 Å². The highest BCUT2D eigenvalue weighted by Crippen LogP contribution is 2.59. The van der Waals surface area contributed by atoms with E-state index in [2.05, 4.69) is 243 Å². The van der Waals surface area contributed by atoms with Crippen molar-refractivity contribution in [1.29, 1.82) is 0 Å². The van der Waals surface area contributed by atoms with Crippen molar-refractivity contribution in [2.24, 2.45) is 0 Å². The van der Waals surface area contributed by atoms with Gasteiger partial charge >= 0.3 is 0 Å². The van der Waals surface area contributed by atoms with Crippen LogP contribution >= 0.6 is 0 Å². The van der Waals surface area contributed by atoms with Gasteiger partial charge in [0.05, 0.1) is 16.8 Å². The van der Waals surface area contributed by atoms with Crippen molar-refractivity contribution in [2.45, 2.75) is 24.7 Å². The van der Waals surface area contributed by atoms with Gasteiger partial charge in [-0.15, -0.1) is 0 Å². The molecular formula is C62H43NO. The summed E-state index contributed by atoms with van der Waals surface area (Å²) in [5.41, 5.74) is 19.7. The second-order valence-electron chi connectivity index (χ2n) is 17.9. The van der Waals surface area contributed by atoms with Crippen molar-refractivity contribution < 1.29 is 4.42 Å². The van der Waals surface area contributed by atoms with E-state index in [-0.39, 0.29) is 5.41 Å². The van der Waals surface area contributed by atoms with Crippen molar-refractivity contribution in [3.63, 3.8) is 0 Å². The predicted octanol–water partition coefficient (Wildman–Crippen LogP) is 16.5. The lowest BCUT2D eigenvalue weighted by molar-refractivity contribution is 0.660. The first-order chi connectivity index (χ1) is 31.5. The minimum Gasteiger partial charge on any atom is -0.453 e. The molecule has 302 valence electrons. The molecule has 0 fully saturated rings. The van der Waals surface area contributed by atoms with Crippen LogP contribution in [0.15, 0.2) is 229 Å². The smallest absolute Gasteiger partial charge is 0.159 e. The maximum atomic E-state index is 7.08. The van der Waals surface area contributed by atoms with Crippen molar-refractivity contribution in [1.82, 2.24) is 0 Å². The number of fused-ring (bicyclic) bond motifs is 11. The largest absolute Gasteiger partial charge is 0.453 e. The van der Waals surface area contributed by atoms with E-state index in [9.17, 15) is 0 Å². The van der Waals surface area contributed by atoms with Crippen LogP contribution in [0.1, 0.15) is 47.2 Å². The third-order valence-corrected chi connectivity index (χ3v) is 14.4. The first-order valence-corrected chi connectivity index (χ1v) is 22.3. The van der Waals surface area contributed by atoms with E-state index in [1.807, 2.05) is 0 Å². The van der Waals surface area contributed by atoms with E-state index in [0.717, 1.165) is 44.4 Å². The fourth-order valence-electron chi connectivity index (χ4n) is 11.5. The van der Waals surface area contributed by atoms with E-state index >= 15 is 0 Å². The van der Waals surface area contributed by atoms with Crippen LogP contribution in [0, 0.1) is 0 Å². The Morgan fingerprint density at radius 2 is 0.906 bits per heavy atom. The SMILES string of the molecule is CC1(C)c2ccccc2-c2c(N(c3ccc(-c4cccc5c4-c4ccccc4C5(c4ccccc4)c4ccccc4)cc3)c3cccc4c3oc3c5ccccc5ccc43)cccc21. The van der Waals surface area contributed by atoms with Gasteiger partial charge in [-0.05, 0) is 96.9 Å². The number of anilines is 3. The average molecular weight is 818 g/mol. The number of para-hydroxylation sites is 1. The summed E-state index contributed by atoms with van der Waals surface area (Å²) >= 11 is 0. The molecule has 0 unspecified atom stereocenters. The molecule has 0 aliphatic heterocycles. The molecule has 0 spiro atoms. The molecule has 0 saturated carbocycles. The summed E-state index contributed by atoms with van der Waals surface area (Å²) in [6.45, 7) is 4.71. The van der Waals surface area contributed by atoms with E-state index in [4.69, 9.17) is 4.42 Å². The fraction of sp³-hybridized carbons (Fsp3) is 0.0645. The number of furan rings is 1. The van der Waals surface area contributed by atoms with Crippen molar-refractivity contribution >= 4 is 49.8 Å². The van der Waals surface area contributed by atoms with E-state index in [1.165, 1.54) is 72.1 Å². The van der Waals surface area contributed by atoms with E-state index in [0.29, 0.717) is 0 Å². The molecule has 0 N–H and O–H groups in total. The van der Waals surface area contributed by atoms with Gasteiger partial charge in [0.1, 0.15) is 5.58 Å². The summed E-state index contributed by atoms with van der Waals surface area (Å²) in [6.07, 6.45) is 0. The van der Waals surface area contributed by atoms with Crippen LogP contribution in [0.5, 0.6) is 0 Å². The third kappa shape index (κ3) is 5.02. The lowest BCUT2D eigenvalue weighted by atomic mass is 9.67. The molecule has 13 rings (SSSR count). The van der Waals surface area contributed by atoms with Gasteiger partial charge in [-0.2, -0.15) is 0 Å². The van der Waals surface area contributed by atoms with Crippen molar-refractivity contribution in [3.8, 4) is 33.4 Å². The lowest BCUT2D eigenvalue weighted by Gasteiger charge is -2.34. The molecule has 1 aromatic heterocycles. The Bertz CT molecular complexity index is 3590. The zero-order valence-electron chi connectivity index (χ0n) is 35.7. The molecule has 2 heteroatoms. The molecule has 0 amide bonds. The first-order valence-electron chi connectivity index (χ1n) is 22.3. The Hall–Kier alpha value is -7.94. The standard InChI is InChI=1S/C62H43NO/c1-61(2)51-28-13-11-24-49(51)58-53(61)30-17-32-55(58)63(56-33-16-27-47-48-39-36-40-18-9-10-23-46(40)59(48)64-60(47)56)44-37-34-41(35-38-44)45-26-15-31-54-57(45)50-25-12-14-29-52(50)62(54,42-19-5-3-6-20-42)43-21-7-4-8-22-43/h3-39H,1-2H3. The summed E-state index contributed by atoms with van der Waals surface area (Å²) in [4.78, 5) is 2.44. The van der Waals surface area contributed by atoms with Gasteiger partial charge in [0.2, 0.25) is 0 Å². The van der Waals surface area contributed by atoms with E-state index in [1.54, 1.807) is 0 Å². The minimum atomic E-state index is -0.463. The second kappa shape index (κ2) is 13.8. The molecule has 0 bridgehead atoms. The zero-order chi connectivity index (χ0) is 42.6. The normalized spacial score (nSPS) is 14.0. The Labute approximate surface area is 373 Å². The summed E-state index contributed by atoms with van der Waals surface area (Å²) < 4.78 is 7.08. The highest BCUT2D eigenvalue weighted by Gasteiger charge is 2.47. The predicted molar refractivity (Wildman–Crippen MR) is 266 cm³/mol. The summed E-state index contributed by atoms with van der Waals surface area (Å²) in [6, 6.07) is 82.6. The molecule has 0 saturated heterocycles. The number of hydrogen-bond acceptors (Lipinski definition) is 2. The number of rotatable bonds is 6. The van der Waals surface area contributed by atoms with Gasteiger partial charge in [-0.3, -0.25) is 0 Å². The number of nitrogens with zero attached hydrogens (tertiary/aromatic N) is 1. The minimum absolute atomic E-state index is 0.152. The van der Waals surface area contributed by atoms with Crippen LogP contribution in [0.25, 0.3) is 66.1 Å². The van der Waals surface area contributed by atoms with Crippen molar-refractivity contribution in [2.75, 3.05) is 4.90 Å². The van der Waals surface area contributed by atoms with Crippen LogP contribution in [0.3, 0.4) is 0 Å². The van der Waals surface area contributed by atoms with Gasteiger partial charge in [0, 0.05) is 32.8 Å². The molecule has 11 aromatic rings. The Morgan fingerprint density at radius 3 is 1.67 bits per heavy atom. The number of benzene rings is 10. The topological polar surface area (TPSA) is 16.4 Å². The lowest BCUT2D eigenvalue weighted by Crippen LogP contribution is -2.28. The molecule has 0 radical (unpaired) electrons. The third-order valence-electron chi connectivity index (χ3n) is 14.4. The van der Waals surface area contributed by atoms with Gasteiger partial charge in [-0.1, -0.05) is 208 Å². The monoisotopic (exact) mass is 817 g/mol. The maximum Gasteiger partial charge on any atom is 0.159 e. The maximum absolute atomic E-state index is 7.08. The average Bonchev–Trinajstić information content (AvgIpc) is 3.97. The molecule has 2 nitrogen and oxygen atoms in total. The van der Waals surface area contributed by atoms with Crippen molar-refractivity contribution in [3.05, 3.63) is 258 Å². The Kier molecular flexibility index (Phi) is 7.90. The fourth-order valence-corrected chi connectivity index (χ4v) is 11.5. The first kappa shape index (κ1) is 36.7.